The highest BCUT2D eigenvalue weighted by Crippen LogP contribution is 2.38. The Morgan fingerprint density at radius 2 is 1.73 bits per heavy atom. The Morgan fingerprint density at radius 3 is 2.43 bits per heavy atom. The molecule has 0 bridgehead atoms. The summed E-state index contributed by atoms with van der Waals surface area (Å²) in [4.78, 5) is 57.8. The zero-order valence-corrected chi connectivity index (χ0v) is 39.1. The van der Waals surface area contributed by atoms with Crippen molar-refractivity contribution in [3.8, 4) is 28.6 Å². The normalized spacial score (nSPS) is 19.5. The molecule has 6 aromatic rings. The van der Waals surface area contributed by atoms with Gasteiger partial charge >= 0.3 is 0 Å². The SMILES string of the molecule is COCC1(Cc2ccccn2)CCN(c2ccc(-c3nc(-c4cnn(C5CCN(C(=O)CC6(O)CCN(c7ccc(NC8CCC(=O)NC8=O)cc7F)CC6)CC5)c4)cn4ncc(C#N)c34)cn2)CC1. The third-order valence-corrected chi connectivity index (χ3v) is 14.7. The summed E-state index contributed by atoms with van der Waals surface area (Å²) in [6.45, 7) is 4.13. The van der Waals surface area contributed by atoms with Crippen molar-refractivity contribution in [2.24, 2.45) is 5.41 Å². The monoisotopic (exact) mass is 949 g/mol. The Bertz CT molecular complexity index is 2910. The second-order valence-corrected chi connectivity index (χ2v) is 19.3. The van der Waals surface area contributed by atoms with Crippen molar-refractivity contribution in [1.82, 2.24) is 44.6 Å². The van der Waals surface area contributed by atoms with Crippen LogP contribution in [0, 0.1) is 22.6 Å². The van der Waals surface area contributed by atoms with Crippen LogP contribution in [0.4, 0.5) is 21.6 Å². The maximum Gasteiger partial charge on any atom is 0.249 e. The van der Waals surface area contributed by atoms with Gasteiger partial charge < -0.3 is 29.9 Å². The summed E-state index contributed by atoms with van der Waals surface area (Å²) < 4.78 is 24.7. The van der Waals surface area contributed by atoms with E-state index in [1.165, 1.54) is 6.07 Å². The molecule has 1 aromatic carbocycles. The summed E-state index contributed by atoms with van der Waals surface area (Å²) in [5, 5.41) is 36.1. The largest absolute Gasteiger partial charge is 0.389 e. The number of aliphatic hydroxyl groups is 1. The fraction of sp³-hybridized carbons (Fsp3) is 0.431. The number of nitrogens with one attached hydrogen (secondary N) is 2. The van der Waals surface area contributed by atoms with Gasteiger partial charge in [0.2, 0.25) is 17.7 Å². The summed E-state index contributed by atoms with van der Waals surface area (Å²) in [7, 11) is 1.76. The van der Waals surface area contributed by atoms with E-state index in [-0.39, 0.29) is 36.1 Å². The van der Waals surface area contributed by atoms with Crippen LogP contribution in [0.15, 0.2) is 85.7 Å². The van der Waals surface area contributed by atoms with Gasteiger partial charge in [0, 0.05) is 99.3 Å². The van der Waals surface area contributed by atoms with Gasteiger partial charge in [0.25, 0.3) is 0 Å². The first-order valence-electron chi connectivity index (χ1n) is 24.1. The molecule has 4 aliphatic heterocycles. The molecule has 1 unspecified atom stereocenters. The number of rotatable bonds is 13. The van der Waals surface area contributed by atoms with Gasteiger partial charge in [0.15, 0.2) is 0 Å². The number of nitriles is 1. The van der Waals surface area contributed by atoms with Crippen LogP contribution >= 0.6 is 0 Å². The predicted molar refractivity (Wildman–Crippen MR) is 258 cm³/mol. The lowest BCUT2D eigenvalue weighted by molar-refractivity contribution is -0.139. The molecule has 19 heteroatoms. The molecule has 9 heterocycles. The summed E-state index contributed by atoms with van der Waals surface area (Å²) in [5.74, 6) is -0.438. The summed E-state index contributed by atoms with van der Waals surface area (Å²) in [6, 6.07) is 16.4. The lowest BCUT2D eigenvalue weighted by atomic mass is 9.75. The first-order valence-corrected chi connectivity index (χ1v) is 24.1. The topological polar surface area (TPSA) is 212 Å². The fourth-order valence-corrected chi connectivity index (χ4v) is 10.6. The molecule has 4 aliphatic rings. The molecule has 1 atom stereocenters. The maximum atomic E-state index is 15.3. The van der Waals surface area contributed by atoms with Gasteiger partial charge in [-0.15, -0.1) is 0 Å². The molecule has 4 saturated heterocycles. The van der Waals surface area contributed by atoms with Crippen LogP contribution in [0.25, 0.3) is 28.0 Å². The smallest absolute Gasteiger partial charge is 0.249 e. The third-order valence-electron chi connectivity index (χ3n) is 14.7. The first kappa shape index (κ1) is 46.4. The van der Waals surface area contributed by atoms with E-state index in [9.17, 15) is 24.8 Å². The van der Waals surface area contributed by atoms with Crippen LogP contribution in [0.3, 0.4) is 0 Å². The number of aromatic nitrogens is 7. The number of halogens is 1. The van der Waals surface area contributed by atoms with Gasteiger partial charge in [-0.25, -0.2) is 18.9 Å². The van der Waals surface area contributed by atoms with Crippen LogP contribution in [0.1, 0.15) is 75.1 Å². The van der Waals surface area contributed by atoms with Gasteiger partial charge in [0.1, 0.15) is 34.8 Å². The summed E-state index contributed by atoms with van der Waals surface area (Å²) >= 11 is 0. The van der Waals surface area contributed by atoms with E-state index in [2.05, 4.69) is 37.8 Å². The standard InChI is InChI=1S/C51H56FN13O5/c1-70-33-50(25-38-4-2-3-17-54-38)13-20-62(21-14-50)44-9-5-34(28-55-44)47-48-35(27-53)29-57-65(48)32-42(59-47)36-30-56-64(31-36)39-11-18-63(19-12-39)46(67)26-51(69)15-22-61(23-16-51)43-8-6-37(24-40(43)52)58-41-7-10-45(66)60-49(41)68/h2-6,8-9,17,24,28-32,39,41,58,69H,7,10-16,18-23,25-26,33H2,1H3,(H,60,66,68). The molecule has 4 fully saturated rings. The van der Waals surface area contributed by atoms with E-state index < -0.39 is 23.4 Å². The van der Waals surface area contributed by atoms with Crippen molar-refractivity contribution in [2.45, 2.75) is 81.9 Å². The average molecular weight is 950 g/mol. The van der Waals surface area contributed by atoms with E-state index in [1.807, 2.05) is 57.3 Å². The van der Waals surface area contributed by atoms with Crippen molar-refractivity contribution < 1.29 is 28.6 Å². The zero-order valence-electron chi connectivity index (χ0n) is 39.1. The molecule has 5 aromatic heterocycles. The number of imide groups is 1. The van der Waals surface area contributed by atoms with Crippen molar-refractivity contribution in [2.75, 3.05) is 68.1 Å². The van der Waals surface area contributed by atoms with Crippen molar-refractivity contribution in [1.29, 1.82) is 5.26 Å². The van der Waals surface area contributed by atoms with Gasteiger partial charge in [-0.2, -0.15) is 15.5 Å². The number of carbonyl (C=O) groups excluding carboxylic acids is 3. The highest BCUT2D eigenvalue weighted by atomic mass is 19.1. The number of methoxy groups -OCH3 is 1. The number of anilines is 3. The Kier molecular flexibility index (Phi) is 13.0. The maximum absolute atomic E-state index is 15.3. The number of carbonyl (C=O) groups is 3. The summed E-state index contributed by atoms with van der Waals surface area (Å²) in [5.41, 5.74) is 4.48. The molecule has 70 heavy (non-hydrogen) atoms. The number of benzene rings is 1. The van der Waals surface area contributed by atoms with E-state index in [0.717, 1.165) is 55.0 Å². The minimum atomic E-state index is -1.20. The van der Waals surface area contributed by atoms with Crippen LogP contribution in [-0.4, -0.2) is 127 Å². The molecular formula is C51H56FN13O5. The van der Waals surface area contributed by atoms with Crippen LogP contribution in [-0.2, 0) is 25.5 Å². The highest BCUT2D eigenvalue weighted by Gasteiger charge is 2.38. The number of amides is 3. The van der Waals surface area contributed by atoms with Crippen molar-refractivity contribution in [3.05, 3.63) is 103 Å². The van der Waals surface area contributed by atoms with E-state index in [4.69, 9.17) is 19.8 Å². The molecule has 0 aliphatic carbocycles. The summed E-state index contributed by atoms with van der Waals surface area (Å²) in [6.07, 6.45) is 16.0. The van der Waals surface area contributed by atoms with Crippen LogP contribution < -0.4 is 20.4 Å². The molecule has 3 N–H and O–H groups in total. The van der Waals surface area contributed by atoms with E-state index in [1.54, 1.807) is 42.3 Å². The molecular weight excluding hydrogens is 894 g/mol. The lowest BCUT2D eigenvalue weighted by Crippen LogP contribution is -2.49. The Balaban J connectivity index is 0.744. The molecule has 18 nitrogen and oxygen atoms in total. The van der Waals surface area contributed by atoms with Gasteiger partial charge in [-0.3, -0.25) is 29.4 Å². The Morgan fingerprint density at radius 1 is 0.929 bits per heavy atom. The number of likely N-dealkylation sites (tertiary alicyclic amines) is 1. The van der Waals surface area contributed by atoms with Crippen molar-refractivity contribution >= 4 is 40.4 Å². The molecule has 0 radical (unpaired) electrons. The zero-order chi connectivity index (χ0) is 48.4. The second-order valence-electron chi connectivity index (χ2n) is 19.3. The van der Waals surface area contributed by atoms with Gasteiger partial charge in [-0.05, 0) is 93.8 Å². The number of piperidine rings is 4. The molecule has 362 valence electrons. The van der Waals surface area contributed by atoms with E-state index >= 15 is 4.39 Å². The highest BCUT2D eigenvalue weighted by molar-refractivity contribution is 6.01. The third kappa shape index (κ3) is 9.78. The van der Waals surface area contributed by atoms with Gasteiger partial charge in [0.05, 0.1) is 60.3 Å². The number of nitrogens with zero attached hydrogens (tertiary/aromatic N) is 11. The predicted octanol–water partition coefficient (Wildman–Crippen LogP) is 5.34. The molecule has 0 spiro atoms. The number of pyridine rings is 2. The Hall–Kier alpha value is -7.30. The quantitative estimate of drug-likeness (QED) is 0.125. The minimum absolute atomic E-state index is 0.00574. The average Bonchev–Trinajstić information content (AvgIpc) is 4.04. The number of hydrogen-bond donors (Lipinski definition) is 3. The van der Waals surface area contributed by atoms with Crippen LogP contribution in [0.5, 0.6) is 0 Å². The number of ether oxygens (including phenoxy) is 1. The van der Waals surface area contributed by atoms with Crippen molar-refractivity contribution in [3.63, 3.8) is 0 Å². The first-order chi connectivity index (χ1) is 34.0. The lowest BCUT2D eigenvalue weighted by Gasteiger charge is -2.42. The minimum Gasteiger partial charge on any atom is -0.389 e. The fourth-order valence-electron chi connectivity index (χ4n) is 10.6. The van der Waals surface area contributed by atoms with Crippen LogP contribution in [0.2, 0.25) is 0 Å². The Labute approximate surface area is 404 Å². The number of hydrogen-bond acceptors (Lipinski definition) is 14. The molecule has 3 amide bonds. The number of fused-ring (bicyclic) bond motifs is 1. The molecule has 10 rings (SSSR count). The second kappa shape index (κ2) is 19.6. The molecule has 0 saturated carbocycles. The van der Waals surface area contributed by atoms with E-state index in [0.29, 0.717) is 98.7 Å². The van der Waals surface area contributed by atoms with Gasteiger partial charge in [-0.1, -0.05) is 6.07 Å².